The first kappa shape index (κ1) is 28.2. The summed E-state index contributed by atoms with van der Waals surface area (Å²) in [5, 5.41) is 9.42. The Morgan fingerprint density at radius 3 is 2.31 bits per heavy atom. The van der Waals surface area contributed by atoms with E-state index in [1.165, 1.54) is 0 Å². The van der Waals surface area contributed by atoms with Gasteiger partial charge in [-0.25, -0.2) is 4.99 Å². The largest absolute Gasteiger partial charge is 0.378 e. The molecule has 9 heteroatoms. The van der Waals surface area contributed by atoms with E-state index in [0.29, 0.717) is 24.3 Å². The maximum Gasteiger partial charge on any atom is 0.251 e. The fourth-order valence-corrected chi connectivity index (χ4v) is 4.27. The zero-order chi connectivity index (χ0) is 22.9. The van der Waals surface area contributed by atoms with Gasteiger partial charge in [0.05, 0.1) is 19.2 Å². The van der Waals surface area contributed by atoms with Crippen LogP contribution in [0.2, 0.25) is 0 Å². The number of hydrogen-bond acceptors (Lipinski definition) is 4. The van der Waals surface area contributed by atoms with E-state index in [0.717, 1.165) is 43.9 Å². The summed E-state index contributed by atoms with van der Waals surface area (Å²) in [5.74, 6) is -0.109. The Hall–Kier alpha value is -1.88. The summed E-state index contributed by atoms with van der Waals surface area (Å²) < 4.78 is 5.98. The number of rotatable bonds is 11. The number of primary amides is 1. The molecule has 0 heterocycles. The summed E-state index contributed by atoms with van der Waals surface area (Å²) in [5.41, 5.74) is 6.65. The van der Waals surface area contributed by atoms with Gasteiger partial charge in [0, 0.05) is 30.2 Å². The Bertz CT molecular complexity index is 765. The van der Waals surface area contributed by atoms with E-state index in [-0.39, 0.29) is 41.8 Å². The first-order chi connectivity index (χ1) is 14.9. The normalized spacial score (nSPS) is 19.3. The van der Waals surface area contributed by atoms with Crippen molar-refractivity contribution >= 4 is 41.8 Å². The van der Waals surface area contributed by atoms with Gasteiger partial charge in [0.2, 0.25) is 5.91 Å². The molecule has 1 aliphatic carbocycles. The number of aliphatic imine (C=N–C) groups is 1. The molecule has 2 rings (SSSR count). The van der Waals surface area contributed by atoms with E-state index in [1.807, 2.05) is 19.1 Å². The number of benzene rings is 1. The second kappa shape index (κ2) is 13.6. The van der Waals surface area contributed by atoms with Gasteiger partial charge in [0.1, 0.15) is 0 Å². The fraction of sp³-hybridized carbons (Fsp3) is 0.609. The predicted octanol–water partition coefficient (Wildman–Crippen LogP) is 2.56. The number of carbonyl (C=O) groups excluding carboxylic acids is 2. The van der Waals surface area contributed by atoms with E-state index in [2.05, 4.69) is 36.7 Å². The van der Waals surface area contributed by atoms with Crippen LogP contribution in [0.5, 0.6) is 0 Å². The van der Waals surface area contributed by atoms with Crippen LogP contribution in [0.4, 0.5) is 0 Å². The lowest BCUT2D eigenvalue weighted by Gasteiger charge is -2.55. The Balaban J connectivity index is 0.00000512. The van der Waals surface area contributed by atoms with Gasteiger partial charge < -0.3 is 26.4 Å². The Morgan fingerprint density at radius 1 is 1.12 bits per heavy atom. The molecule has 8 nitrogen and oxygen atoms in total. The van der Waals surface area contributed by atoms with Crippen molar-refractivity contribution in [1.82, 2.24) is 16.0 Å². The molecule has 1 saturated carbocycles. The molecule has 0 radical (unpaired) electrons. The highest BCUT2D eigenvalue weighted by Gasteiger charge is 2.53. The highest BCUT2D eigenvalue weighted by Crippen LogP contribution is 2.48. The number of nitrogens with one attached hydrogen (secondary N) is 3. The van der Waals surface area contributed by atoms with E-state index in [1.54, 1.807) is 12.1 Å². The van der Waals surface area contributed by atoms with Crippen LogP contribution in [0.3, 0.4) is 0 Å². The molecular weight excluding hydrogens is 521 g/mol. The van der Waals surface area contributed by atoms with Crippen molar-refractivity contribution in [3.05, 3.63) is 35.4 Å². The fourth-order valence-electron chi connectivity index (χ4n) is 4.27. The second-order valence-electron chi connectivity index (χ2n) is 7.86. The number of carbonyl (C=O) groups is 2. The van der Waals surface area contributed by atoms with Gasteiger partial charge in [0.15, 0.2) is 5.96 Å². The zero-order valence-corrected chi connectivity index (χ0v) is 21.9. The predicted molar refractivity (Wildman–Crippen MR) is 138 cm³/mol. The van der Waals surface area contributed by atoms with E-state index < -0.39 is 5.91 Å². The summed E-state index contributed by atoms with van der Waals surface area (Å²) in [7, 11) is 0. The van der Waals surface area contributed by atoms with Crippen LogP contribution in [-0.4, -0.2) is 49.6 Å². The van der Waals surface area contributed by atoms with Crippen molar-refractivity contribution in [2.24, 2.45) is 16.1 Å². The Morgan fingerprint density at radius 2 is 1.78 bits per heavy atom. The molecule has 1 aliphatic rings. The zero-order valence-electron chi connectivity index (χ0n) is 19.6. The van der Waals surface area contributed by atoms with Crippen molar-refractivity contribution in [3.8, 4) is 0 Å². The molecule has 180 valence electrons. The monoisotopic (exact) mass is 559 g/mol. The van der Waals surface area contributed by atoms with Gasteiger partial charge in [-0.15, -0.1) is 24.0 Å². The van der Waals surface area contributed by atoms with Gasteiger partial charge >= 0.3 is 0 Å². The summed E-state index contributed by atoms with van der Waals surface area (Å²) >= 11 is 0. The van der Waals surface area contributed by atoms with Crippen molar-refractivity contribution in [2.45, 2.75) is 65.6 Å². The molecule has 32 heavy (non-hydrogen) atoms. The third-order valence-corrected chi connectivity index (χ3v) is 6.18. The van der Waals surface area contributed by atoms with Crippen LogP contribution in [0, 0.1) is 5.41 Å². The van der Waals surface area contributed by atoms with Gasteiger partial charge in [-0.3, -0.25) is 9.59 Å². The topological polar surface area (TPSA) is 118 Å². The van der Waals surface area contributed by atoms with Crippen molar-refractivity contribution in [1.29, 1.82) is 0 Å². The molecule has 2 amide bonds. The van der Waals surface area contributed by atoms with Crippen LogP contribution in [-0.2, 0) is 16.1 Å². The lowest BCUT2D eigenvalue weighted by atomic mass is 9.58. The molecule has 1 fully saturated rings. The van der Waals surface area contributed by atoms with Gasteiger partial charge in [0.25, 0.3) is 5.91 Å². The molecule has 1 aromatic rings. The molecule has 0 spiro atoms. The molecule has 1 aromatic carbocycles. The van der Waals surface area contributed by atoms with Gasteiger partial charge in [-0.1, -0.05) is 26.0 Å². The maximum atomic E-state index is 12.0. The summed E-state index contributed by atoms with van der Waals surface area (Å²) in [6, 6.07) is 7.50. The SMILES string of the molecule is CCNC(=NCc1ccc(C(=O)NCC(N)=O)cc1)NC1CC(OCC)C1(CC)CC.I. The number of amides is 2. The highest BCUT2D eigenvalue weighted by molar-refractivity contribution is 14.0. The van der Waals surface area contributed by atoms with Crippen LogP contribution in [0.15, 0.2) is 29.3 Å². The van der Waals surface area contributed by atoms with Crippen LogP contribution < -0.4 is 21.7 Å². The number of nitrogens with two attached hydrogens (primary N) is 1. The van der Waals surface area contributed by atoms with Crippen LogP contribution in [0.1, 0.15) is 62.9 Å². The molecule has 0 saturated heterocycles. The van der Waals surface area contributed by atoms with Crippen molar-refractivity contribution in [2.75, 3.05) is 19.7 Å². The standard InChI is InChI=1S/C23H37N5O3.HI/c1-5-23(6-2)18(13-19(23)31-8-4)28-22(25-7-3)27-14-16-9-11-17(12-10-16)21(30)26-15-20(24)29;/h9-12,18-19H,5-8,13-15H2,1-4H3,(H2,24,29)(H,26,30)(H2,25,27,28);1H. The smallest absolute Gasteiger partial charge is 0.251 e. The minimum Gasteiger partial charge on any atom is -0.378 e. The first-order valence-corrected chi connectivity index (χ1v) is 11.2. The summed E-state index contributed by atoms with van der Waals surface area (Å²) in [4.78, 5) is 27.5. The number of halogens is 1. The lowest BCUT2D eigenvalue weighted by Crippen LogP contribution is -2.65. The third-order valence-electron chi connectivity index (χ3n) is 6.18. The Kier molecular flexibility index (Phi) is 12.0. The molecule has 2 unspecified atom stereocenters. The summed E-state index contributed by atoms with van der Waals surface area (Å²) in [6.07, 6.45) is 3.39. The van der Waals surface area contributed by atoms with E-state index >= 15 is 0 Å². The molecule has 0 aromatic heterocycles. The number of nitrogens with zero attached hydrogens (tertiary/aromatic N) is 1. The Labute approximate surface area is 208 Å². The quantitative estimate of drug-likeness (QED) is 0.189. The molecule has 2 atom stereocenters. The summed E-state index contributed by atoms with van der Waals surface area (Å²) in [6.45, 7) is 10.4. The van der Waals surface area contributed by atoms with Crippen LogP contribution >= 0.6 is 24.0 Å². The van der Waals surface area contributed by atoms with Gasteiger partial charge in [-0.2, -0.15) is 0 Å². The maximum absolute atomic E-state index is 12.0. The average Bonchev–Trinajstić information content (AvgIpc) is 2.76. The molecular formula is C23H38IN5O3. The molecule has 0 bridgehead atoms. The van der Waals surface area contributed by atoms with Crippen molar-refractivity contribution < 1.29 is 14.3 Å². The second-order valence-corrected chi connectivity index (χ2v) is 7.86. The minimum atomic E-state index is -0.572. The first-order valence-electron chi connectivity index (χ1n) is 11.2. The number of guanidine groups is 1. The minimum absolute atomic E-state index is 0. The number of hydrogen-bond donors (Lipinski definition) is 4. The third kappa shape index (κ3) is 7.06. The number of ether oxygens (including phenoxy) is 1. The lowest BCUT2D eigenvalue weighted by molar-refractivity contribution is -0.133. The average molecular weight is 559 g/mol. The van der Waals surface area contributed by atoms with E-state index in [9.17, 15) is 9.59 Å². The van der Waals surface area contributed by atoms with Crippen molar-refractivity contribution in [3.63, 3.8) is 0 Å². The highest BCUT2D eigenvalue weighted by atomic mass is 127. The van der Waals surface area contributed by atoms with E-state index in [4.69, 9.17) is 15.5 Å². The van der Waals surface area contributed by atoms with Gasteiger partial charge in [-0.05, 0) is 50.8 Å². The molecule has 5 N–H and O–H groups in total. The van der Waals surface area contributed by atoms with Crippen LogP contribution in [0.25, 0.3) is 0 Å². The molecule has 0 aliphatic heterocycles.